The van der Waals surface area contributed by atoms with Gasteiger partial charge in [0.2, 0.25) is 5.24 Å². The summed E-state index contributed by atoms with van der Waals surface area (Å²) in [5, 5.41) is -0.249. The van der Waals surface area contributed by atoms with E-state index in [9.17, 15) is 4.79 Å². The molecule has 0 saturated heterocycles. The topological polar surface area (TPSA) is 17.1 Å². The van der Waals surface area contributed by atoms with Crippen LogP contribution in [0.3, 0.4) is 0 Å². The lowest BCUT2D eigenvalue weighted by atomic mass is 9.86. The Labute approximate surface area is 87.0 Å². The number of carbonyl (C=O) groups excluding carboxylic acids is 1. The third-order valence-electron chi connectivity index (χ3n) is 2.51. The summed E-state index contributed by atoms with van der Waals surface area (Å²) in [6, 6.07) is 0. The van der Waals surface area contributed by atoms with E-state index in [1.807, 2.05) is 0 Å². The van der Waals surface area contributed by atoms with Gasteiger partial charge < -0.3 is 0 Å². The van der Waals surface area contributed by atoms with Gasteiger partial charge in [0.15, 0.2) is 0 Å². The lowest BCUT2D eigenvalue weighted by Gasteiger charge is -2.22. The average molecular weight is 254 g/mol. The summed E-state index contributed by atoms with van der Waals surface area (Å²) >= 11 is 8.66. The van der Waals surface area contributed by atoms with E-state index in [-0.39, 0.29) is 10.1 Å². The zero-order valence-corrected chi connectivity index (χ0v) is 9.40. The summed E-state index contributed by atoms with van der Waals surface area (Å²) in [5.41, 5.74) is 0. The van der Waals surface area contributed by atoms with Gasteiger partial charge in [-0.05, 0) is 23.9 Å². The number of hydrogen-bond donors (Lipinski definition) is 0. The Hall–Kier alpha value is 0.440. The van der Waals surface area contributed by atoms with Gasteiger partial charge in [0.05, 0.1) is 4.83 Å². The molecule has 3 heteroatoms. The smallest absolute Gasteiger partial charge is 0.235 e. The minimum atomic E-state index is -0.249. The molecule has 1 atom stereocenters. The van der Waals surface area contributed by atoms with Crippen LogP contribution in [0, 0.1) is 5.92 Å². The zero-order chi connectivity index (χ0) is 8.97. The van der Waals surface area contributed by atoms with Gasteiger partial charge in [-0.15, -0.1) is 0 Å². The summed E-state index contributed by atoms with van der Waals surface area (Å²) in [7, 11) is 0. The lowest BCUT2D eigenvalue weighted by molar-refractivity contribution is -0.111. The molecule has 0 heterocycles. The third-order valence-corrected chi connectivity index (χ3v) is 3.83. The molecule has 12 heavy (non-hydrogen) atoms. The van der Waals surface area contributed by atoms with Crippen molar-refractivity contribution in [2.75, 3.05) is 0 Å². The quantitative estimate of drug-likeness (QED) is 0.556. The molecule has 70 valence electrons. The fourth-order valence-electron chi connectivity index (χ4n) is 1.81. The Morgan fingerprint density at radius 3 is 2.50 bits per heavy atom. The Balaban J connectivity index is 2.24. The van der Waals surface area contributed by atoms with E-state index in [0.29, 0.717) is 5.92 Å². The molecule has 0 bridgehead atoms. The number of carbonyl (C=O) groups is 1. The molecule has 1 aliphatic carbocycles. The molecule has 0 aromatic heterocycles. The van der Waals surface area contributed by atoms with Crippen LogP contribution >= 0.6 is 27.5 Å². The molecule has 0 amide bonds. The molecular weight excluding hydrogens is 239 g/mol. The van der Waals surface area contributed by atoms with E-state index >= 15 is 0 Å². The normalized spacial score (nSPS) is 22.2. The Kier molecular flexibility index (Phi) is 4.59. The number of hydrogen-bond acceptors (Lipinski definition) is 1. The van der Waals surface area contributed by atoms with E-state index < -0.39 is 0 Å². The van der Waals surface area contributed by atoms with Crippen LogP contribution in [0.15, 0.2) is 0 Å². The standard InChI is InChI=1S/C9H14BrClO/c10-8(9(11)12)6-7-4-2-1-3-5-7/h7-8H,1-6H2/t8-/m0/s1. The van der Waals surface area contributed by atoms with Crippen LogP contribution in [-0.4, -0.2) is 10.1 Å². The number of rotatable bonds is 3. The van der Waals surface area contributed by atoms with E-state index in [1.54, 1.807) is 0 Å². The summed E-state index contributed by atoms with van der Waals surface area (Å²) < 4.78 is 0. The molecule has 1 aliphatic rings. The SMILES string of the molecule is O=C(Cl)[C@@H](Br)CC1CCCCC1. The van der Waals surface area contributed by atoms with Gasteiger partial charge in [-0.1, -0.05) is 48.0 Å². The summed E-state index contributed by atoms with van der Waals surface area (Å²) in [6.45, 7) is 0. The van der Waals surface area contributed by atoms with Crippen LogP contribution in [-0.2, 0) is 4.79 Å². The highest BCUT2D eigenvalue weighted by Gasteiger charge is 2.20. The highest BCUT2D eigenvalue weighted by molar-refractivity contribution is 9.10. The van der Waals surface area contributed by atoms with Crippen molar-refractivity contribution in [3.05, 3.63) is 0 Å². The van der Waals surface area contributed by atoms with Crippen LogP contribution in [0.5, 0.6) is 0 Å². The number of halogens is 2. The van der Waals surface area contributed by atoms with Gasteiger partial charge in [-0.25, -0.2) is 0 Å². The minimum absolute atomic E-state index is 0.123. The van der Waals surface area contributed by atoms with Crippen LogP contribution in [0.25, 0.3) is 0 Å². The van der Waals surface area contributed by atoms with Gasteiger partial charge >= 0.3 is 0 Å². The summed E-state index contributed by atoms with van der Waals surface area (Å²) in [6.07, 6.45) is 7.46. The third kappa shape index (κ3) is 3.44. The summed E-state index contributed by atoms with van der Waals surface area (Å²) in [4.78, 5) is 10.6. The maximum atomic E-state index is 10.7. The van der Waals surface area contributed by atoms with Crippen molar-refractivity contribution in [3.63, 3.8) is 0 Å². The van der Waals surface area contributed by atoms with E-state index in [2.05, 4.69) is 15.9 Å². The van der Waals surface area contributed by atoms with Crippen LogP contribution in [0.1, 0.15) is 38.5 Å². The molecule has 0 N–H and O–H groups in total. The first-order valence-corrected chi connectivity index (χ1v) is 5.83. The number of alkyl halides is 1. The Morgan fingerprint density at radius 2 is 2.00 bits per heavy atom. The van der Waals surface area contributed by atoms with Crippen molar-refractivity contribution in [1.82, 2.24) is 0 Å². The van der Waals surface area contributed by atoms with Crippen LogP contribution < -0.4 is 0 Å². The second-order valence-electron chi connectivity index (χ2n) is 3.51. The fourth-order valence-corrected chi connectivity index (χ4v) is 2.43. The second kappa shape index (κ2) is 5.23. The maximum Gasteiger partial charge on any atom is 0.235 e. The van der Waals surface area contributed by atoms with Gasteiger partial charge in [0.25, 0.3) is 0 Å². The van der Waals surface area contributed by atoms with Crippen molar-refractivity contribution >= 4 is 32.8 Å². The van der Waals surface area contributed by atoms with Gasteiger partial charge in [-0.3, -0.25) is 4.79 Å². The van der Waals surface area contributed by atoms with Crippen molar-refractivity contribution < 1.29 is 4.79 Å². The molecule has 0 spiro atoms. The van der Waals surface area contributed by atoms with Gasteiger partial charge in [-0.2, -0.15) is 0 Å². The molecule has 0 aromatic rings. The fraction of sp³-hybridized carbons (Fsp3) is 0.889. The highest BCUT2D eigenvalue weighted by atomic mass is 79.9. The van der Waals surface area contributed by atoms with Crippen molar-refractivity contribution in [3.8, 4) is 0 Å². The van der Waals surface area contributed by atoms with E-state index in [0.717, 1.165) is 6.42 Å². The molecule has 1 saturated carbocycles. The predicted octanol–water partition coefficient (Wildman–Crippen LogP) is 3.49. The van der Waals surface area contributed by atoms with Crippen LogP contribution in [0.4, 0.5) is 0 Å². The largest absolute Gasteiger partial charge is 0.280 e. The Morgan fingerprint density at radius 1 is 1.42 bits per heavy atom. The van der Waals surface area contributed by atoms with Crippen molar-refractivity contribution in [1.29, 1.82) is 0 Å². The van der Waals surface area contributed by atoms with Gasteiger partial charge in [0, 0.05) is 0 Å². The minimum Gasteiger partial charge on any atom is -0.280 e. The average Bonchev–Trinajstić information content (AvgIpc) is 2.06. The molecule has 0 aromatic carbocycles. The first-order chi connectivity index (χ1) is 5.70. The second-order valence-corrected chi connectivity index (χ2v) is 4.99. The van der Waals surface area contributed by atoms with E-state index in [4.69, 9.17) is 11.6 Å². The predicted molar refractivity (Wildman–Crippen MR) is 54.8 cm³/mol. The molecule has 0 aliphatic heterocycles. The van der Waals surface area contributed by atoms with Gasteiger partial charge in [0.1, 0.15) is 0 Å². The highest BCUT2D eigenvalue weighted by Crippen LogP contribution is 2.29. The molecule has 0 radical (unpaired) electrons. The first kappa shape index (κ1) is 10.5. The molecule has 1 fully saturated rings. The van der Waals surface area contributed by atoms with Crippen molar-refractivity contribution in [2.24, 2.45) is 5.92 Å². The molecule has 1 nitrogen and oxygen atoms in total. The Bertz CT molecular complexity index is 155. The maximum absolute atomic E-state index is 10.7. The monoisotopic (exact) mass is 252 g/mol. The molecular formula is C9H14BrClO. The molecule has 0 unspecified atom stereocenters. The summed E-state index contributed by atoms with van der Waals surface area (Å²) in [5.74, 6) is 0.714. The van der Waals surface area contributed by atoms with Crippen molar-refractivity contribution in [2.45, 2.75) is 43.4 Å². The first-order valence-electron chi connectivity index (χ1n) is 4.53. The molecule has 1 rings (SSSR count). The van der Waals surface area contributed by atoms with E-state index in [1.165, 1.54) is 32.1 Å². The zero-order valence-electron chi connectivity index (χ0n) is 7.06. The lowest BCUT2D eigenvalue weighted by Crippen LogP contribution is -2.15. The van der Waals surface area contributed by atoms with Crippen LogP contribution in [0.2, 0.25) is 0 Å².